The molecular formula is C14H26N4S. The van der Waals surface area contributed by atoms with E-state index in [-0.39, 0.29) is 0 Å². The number of nitrogens with one attached hydrogen (secondary N) is 1. The Morgan fingerprint density at radius 1 is 1.47 bits per heavy atom. The van der Waals surface area contributed by atoms with Crippen LogP contribution in [-0.2, 0) is 13.1 Å². The molecule has 1 aliphatic rings. The number of piperazine rings is 1. The van der Waals surface area contributed by atoms with Crippen LogP contribution in [0.2, 0.25) is 0 Å². The second-order valence-corrected chi connectivity index (χ2v) is 6.78. The molecule has 19 heavy (non-hydrogen) atoms. The molecular weight excluding hydrogens is 256 g/mol. The summed E-state index contributed by atoms with van der Waals surface area (Å²) in [5, 5.41) is 6.83. The maximum atomic E-state index is 4.72. The summed E-state index contributed by atoms with van der Waals surface area (Å²) in [5.74, 6) is 0. The molecule has 108 valence electrons. The Morgan fingerprint density at radius 3 is 2.95 bits per heavy atom. The lowest BCUT2D eigenvalue weighted by molar-refractivity contribution is 0.0992. The van der Waals surface area contributed by atoms with Crippen LogP contribution in [0.1, 0.15) is 31.5 Å². The smallest absolute Gasteiger partial charge is 0.107 e. The Bertz CT molecular complexity index is 391. The highest BCUT2D eigenvalue weighted by atomic mass is 32.1. The van der Waals surface area contributed by atoms with E-state index in [1.165, 1.54) is 10.7 Å². The van der Waals surface area contributed by atoms with Gasteiger partial charge in [-0.25, -0.2) is 4.98 Å². The summed E-state index contributed by atoms with van der Waals surface area (Å²) in [6, 6.07) is 1.17. The van der Waals surface area contributed by atoms with E-state index in [1.807, 2.05) is 0 Å². The molecule has 1 unspecified atom stereocenters. The lowest BCUT2D eigenvalue weighted by atomic mass is 10.2. The van der Waals surface area contributed by atoms with Gasteiger partial charge in [0.05, 0.1) is 5.69 Å². The van der Waals surface area contributed by atoms with E-state index >= 15 is 0 Å². The molecule has 0 bridgehead atoms. The first-order valence-electron chi connectivity index (χ1n) is 7.14. The SMILES string of the molecule is CC(C)NCc1nc(CN2CCN(C)C(C)C2)cs1. The standard InChI is InChI=1S/C14H26N4S/c1-11(2)15-7-14-16-13(10-19-14)9-18-6-5-17(4)12(3)8-18/h10-12,15H,5-9H2,1-4H3. The van der Waals surface area contributed by atoms with Gasteiger partial charge in [-0.2, -0.15) is 0 Å². The molecule has 0 aliphatic carbocycles. The molecule has 1 aliphatic heterocycles. The van der Waals surface area contributed by atoms with Crippen LogP contribution in [-0.4, -0.2) is 53.5 Å². The van der Waals surface area contributed by atoms with E-state index in [2.05, 4.69) is 48.3 Å². The minimum atomic E-state index is 0.519. The first kappa shape index (κ1) is 14.9. The molecule has 0 spiro atoms. The molecule has 2 heterocycles. The zero-order chi connectivity index (χ0) is 13.8. The minimum absolute atomic E-state index is 0.519. The van der Waals surface area contributed by atoms with Crippen LogP contribution < -0.4 is 5.32 Å². The third kappa shape index (κ3) is 4.53. The monoisotopic (exact) mass is 282 g/mol. The Kier molecular flexibility index (Phi) is 5.33. The molecule has 1 saturated heterocycles. The number of thiazole rings is 1. The third-order valence-electron chi connectivity index (χ3n) is 3.69. The van der Waals surface area contributed by atoms with Gasteiger partial charge in [-0.05, 0) is 14.0 Å². The second-order valence-electron chi connectivity index (χ2n) is 5.83. The highest BCUT2D eigenvalue weighted by Crippen LogP contribution is 2.14. The average Bonchev–Trinajstić information content (AvgIpc) is 2.79. The van der Waals surface area contributed by atoms with Gasteiger partial charge in [0.25, 0.3) is 0 Å². The predicted molar refractivity (Wildman–Crippen MR) is 81.5 cm³/mol. The van der Waals surface area contributed by atoms with Crippen molar-refractivity contribution in [1.29, 1.82) is 0 Å². The number of hydrogen-bond acceptors (Lipinski definition) is 5. The number of likely N-dealkylation sites (N-methyl/N-ethyl adjacent to an activating group) is 1. The number of aromatic nitrogens is 1. The van der Waals surface area contributed by atoms with Crippen molar-refractivity contribution in [3.63, 3.8) is 0 Å². The molecule has 0 aromatic carbocycles. The summed E-state index contributed by atoms with van der Waals surface area (Å²) in [7, 11) is 2.21. The molecule has 1 fully saturated rings. The Balaban J connectivity index is 1.83. The van der Waals surface area contributed by atoms with E-state index in [9.17, 15) is 0 Å². The fourth-order valence-corrected chi connectivity index (χ4v) is 3.03. The van der Waals surface area contributed by atoms with E-state index in [0.29, 0.717) is 12.1 Å². The van der Waals surface area contributed by atoms with Crippen LogP contribution in [0.5, 0.6) is 0 Å². The summed E-state index contributed by atoms with van der Waals surface area (Å²) in [4.78, 5) is 9.66. The van der Waals surface area contributed by atoms with Crippen molar-refractivity contribution in [3.8, 4) is 0 Å². The van der Waals surface area contributed by atoms with Crippen LogP contribution >= 0.6 is 11.3 Å². The van der Waals surface area contributed by atoms with Crippen LogP contribution in [0.4, 0.5) is 0 Å². The van der Waals surface area contributed by atoms with Gasteiger partial charge in [0.2, 0.25) is 0 Å². The first-order chi connectivity index (χ1) is 9.04. The molecule has 1 aromatic heterocycles. The summed E-state index contributed by atoms with van der Waals surface area (Å²) in [6.07, 6.45) is 0. The predicted octanol–water partition coefficient (Wildman–Crippen LogP) is 1.78. The molecule has 4 nitrogen and oxygen atoms in total. The summed E-state index contributed by atoms with van der Waals surface area (Å²) >= 11 is 1.77. The molecule has 0 amide bonds. The van der Waals surface area contributed by atoms with Crippen molar-refractivity contribution >= 4 is 11.3 Å². The fourth-order valence-electron chi connectivity index (χ4n) is 2.29. The Morgan fingerprint density at radius 2 is 2.26 bits per heavy atom. The summed E-state index contributed by atoms with van der Waals surface area (Å²) in [5.41, 5.74) is 1.22. The van der Waals surface area contributed by atoms with E-state index in [0.717, 1.165) is 32.7 Å². The van der Waals surface area contributed by atoms with Crippen molar-refractivity contribution in [2.75, 3.05) is 26.7 Å². The Labute approximate surface area is 120 Å². The maximum absolute atomic E-state index is 4.72. The highest BCUT2D eigenvalue weighted by molar-refractivity contribution is 7.09. The van der Waals surface area contributed by atoms with Gasteiger partial charge in [0.15, 0.2) is 0 Å². The third-order valence-corrected chi connectivity index (χ3v) is 4.59. The maximum Gasteiger partial charge on any atom is 0.107 e. The average molecular weight is 282 g/mol. The second kappa shape index (κ2) is 6.79. The molecule has 0 saturated carbocycles. The van der Waals surface area contributed by atoms with E-state index < -0.39 is 0 Å². The Hall–Kier alpha value is -0.490. The van der Waals surface area contributed by atoms with Crippen LogP contribution in [0.3, 0.4) is 0 Å². The quantitative estimate of drug-likeness (QED) is 0.892. The van der Waals surface area contributed by atoms with Gasteiger partial charge < -0.3 is 10.2 Å². The molecule has 1 aromatic rings. The fraction of sp³-hybridized carbons (Fsp3) is 0.786. The molecule has 5 heteroatoms. The largest absolute Gasteiger partial charge is 0.308 e. The van der Waals surface area contributed by atoms with Gasteiger partial charge in [0.1, 0.15) is 5.01 Å². The van der Waals surface area contributed by atoms with Crippen LogP contribution in [0.25, 0.3) is 0 Å². The minimum Gasteiger partial charge on any atom is -0.308 e. The van der Waals surface area contributed by atoms with E-state index in [1.54, 1.807) is 11.3 Å². The zero-order valence-corrected chi connectivity index (χ0v) is 13.3. The van der Waals surface area contributed by atoms with Crippen molar-refractivity contribution in [3.05, 3.63) is 16.1 Å². The number of rotatable bonds is 5. The van der Waals surface area contributed by atoms with Crippen molar-refractivity contribution < 1.29 is 0 Å². The van der Waals surface area contributed by atoms with Gasteiger partial charge in [-0.3, -0.25) is 4.90 Å². The van der Waals surface area contributed by atoms with Crippen molar-refractivity contribution in [2.24, 2.45) is 0 Å². The van der Waals surface area contributed by atoms with Crippen molar-refractivity contribution in [2.45, 2.75) is 45.9 Å². The number of hydrogen-bond donors (Lipinski definition) is 1. The van der Waals surface area contributed by atoms with Crippen LogP contribution in [0, 0.1) is 0 Å². The van der Waals surface area contributed by atoms with Gasteiger partial charge in [-0.1, -0.05) is 13.8 Å². The zero-order valence-electron chi connectivity index (χ0n) is 12.5. The topological polar surface area (TPSA) is 31.4 Å². The lowest BCUT2D eigenvalue weighted by Crippen LogP contribution is -2.49. The molecule has 0 radical (unpaired) electrons. The van der Waals surface area contributed by atoms with Gasteiger partial charge in [0, 0.05) is 50.2 Å². The molecule has 1 atom stereocenters. The van der Waals surface area contributed by atoms with Gasteiger partial charge >= 0.3 is 0 Å². The summed E-state index contributed by atoms with van der Waals surface area (Å²) < 4.78 is 0. The number of nitrogens with zero attached hydrogens (tertiary/aromatic N) is 3. The normalized spacial score (nSPS) is 22.3. The van der Waals surface area contributed by atoms with Crippen LogP contribution in [0.15, 0.2) is 5.38 Å². The molecule has 2 rings (SSSR count). The van der Waals surface area contributed by atoms with Gasteiger partial charge in [-0.15, -0.1) is 11.3 Å². The highest BCUT2D eigenvalue weighted by Gasteiger charge is 2.21. The van der Waals surface area contributed by atoms with E-state index in [4.69, 9.17) is 4.98 Å². The lowest BCUT2D eigenvalue weighted by Gasteiger charge is -2.37. The first-order valence-corrected chi connectivity index (χ1v) is 8.02. The van der Waals surface area contributed by atoms with Crippen molar-refractivity contribution in [1.82, 2.24) is 20.1 Å². The molecule has 1 N–H and O–H groups in total. The summed E-state index contributed by atoms with van der Waals surface area (Å²) in [6.45, 7) is 12.0.